The van der Waals surface area contributed by atoms with Gasteiger partial charge in [-0.2, -0.15) is 5.26 Å². The van der Waals surface area contributed by atoms with E-state index in [1.807, 2.05) is 37.3 Å². The number of esters is 1. The topological polar surface area (TPSA) is 83.0 Å². The van der Waals surface area contributed by atoms with Crippen LogP contribution in [0.25, 0.3) is 6.08 Å². The van der Waals surface area contributed by atoms with Gasteiger partial charge in [0.15, 0.2) is 0 Å². The molecule has 5 heteroatoms. The van der Waals surface area contributed by atoms with Gasteiger partial charge in [0, 0.05) is 11.4 Å². The number of benzene rings is 1. The summed E-state index contributed by atoms with van der Waals surface area (Å²) in [7, 11) is 0. The van der Waals surface area contributed by atoms with E-state index in [4.69, 9.17) is 4.74 Å². The first-order chi connectivity index (χ1) is 11.9. The molecule has 0 aliphatic heterocycles. The maximum atomic E-state index is 12.9. The number of Topliss-reactive ketones (excluding diaryl/α,β-unsaturated/α-hetero) is 1. The maximum absolute atomic E-state index is 12.9. The van der Waals surface area contributed by atoms with E-state index >= 15 is 0 Å². The van der Waals surface area contributed by atoms with Crippen molar-refractivity contribution in [3.05, 3.63) is 63.5 Å². The number of nitrogens with zero attached hydrogens (tertiary/aromatic N) is 1. The quantitative estimate of drug-likeness (QED) is 0.388. The van der Waals surface area contributed by atoms with E-state index < -0.39 is 11.8 Å². The zero-order chi connectivity index (χ0) is 18.6. The minimum Gasteiger partial charge on any atom is -0.462 e. The lowest BCUT2D eigenvalue weighted by Crippen LogP contribution is -2.13. The van der Waals surface area contributed by atoms with Crippen LogP contribution in [0.1, 0.15) is 50.2 Å². The van der Waals surface area contributed by atoms with Gasteiger partial charge in [-0.25, -0.2) is 4.79 Å². The van der Waals surface area contributed by atoms with Crippen molar-refractivity contribution in [2.45, 2.75) is 27.7 Å². The number of aromatic amines is 1. The molecule has 25 heavy (non-hydrogen) atoms. The summed E-state index contributed by atoms with van der Waals surface area (Å²) in [6.45, 7) is 7.24. The van der Waals surface area contributed by atoms with E-state index in [-0.39, 0.29) is 23.3 Å². The van der Waals surface area contributed by atoms with Crippen LogP contribution in [0.4, 0.5) is 0 Å². The van der Waals surface area contributed by atoms with Crippen LogP contribution < -0.4 is 0 Å². The Morgan fingerprint density at radius 2 is 1.88 bits per heavy atom. The monoisotopic (exact) mass is 336 g/mol. The Bertz CT molecular complexity index is 898. The number of aromatic nitrogens is 1. The van der Waals surface area contributed by atoms with E-state index in [9.17, 15) is 14.9 Å². The normalized spacial score (nSPS) is 11.1. The third-order valence-electron chi connectivity index (χ3n) is 3.80. The van der Waals surface area contributed by atoms with Crippen molar-refractivity contribution in [1.82, 2.24) is 4.98 Å². The molecule has 128 valence electrons. The molecule has 2 aromatic rings. The Kier molecular flexibility index (Phi) is 5.56. The lowest BCUT2D eigenvalue weighted by atomic mass is 9.97. The summed E-state index contributed by atoms with van der Waals surface area (Å²) in [5.41, 5.74) is 3.22. The number of ketones is 1. The molecular formula is C20H20N2O3. The Labute approximate surface area is 146 Å². The van der Waals surface area contributed by atoms with E-state index in [2.05, 4.69) is 4.98 Å². The number of aryl methyl sites for hydroxylation is 3. The molecule has 1 aromatic carbocycles. The standard InChI is InChI=1S/C20H20N2O3/c1-5-25-20(24)18-14(4)22-13(3)17(18)19(23)16(11-21)10-15-8-6-7-12(2)9-15/h6-10,22H,5H2,1-4H3. The SMILES string of the molecule is CCOC(=O)c1c(C)[nH]c(C)c1C(=O)C(C#N)=Cc1cccc(C)c1. The molecule has 2 rings (SSSR count). The van der Waals surface area contributed by atoms with Crippen LogP contribution in [0.3, 0.4) is 0 Å². The molecule has 0 amide bonds. The molecule has 0 bridgehead atoms. The zero-order valence-corrected chi connectivity index (χ0v) is 14.8. The molecule has 1 heterocycles. The molecule has 1 N–H and O–H groups in total. The van der Waals surface area contributed by atoms with Crippen LogP contribution in [0.5, 0.6) is 0 Å². The number of H-pyrrole nitrogens is 1. The average molecular weight is 336 g/mol. The number of nitrogens with one attached hydrogen (secondary N) is 1. The lowest BCUT2D eigenvalue weighted by molar-refractivity contribution is 0.0523. The maximum Gasteiger partial charge on any atom is 0.340 e. The molecule has 1 aromatic heterocycles. The highest BCUT2D eigenvalue weighted by molar-refractivity contribution is 6.19. The number of hydrogen-bond acceptors (Lipinski definition) is 4. The molecule has 0 radical (unpaired) electrons. The first-order valence-electron chi connectivity index (χ1n) is 7.98. The van der Waals surface area contributed by atoms with Gasteiger partial charge >= 0.3 is 5.97 Å². The van der Waals surface area contributed by atoms with Crippen LogP contribution in [0.15, 0.2) is 29.8 Å². The Morgan fingerprint density at radius 1 is 1.20 bits per heavy atom. The van der Waals surface area contributed by atoms with Gasteiger partial charge in [-0.1, -0.05) is 29.8 Å². The van der Waals surface area contributed by atoms with Gasteiger partial charge < -0.3 is 9.72 Å². The number of ether oxygens (including phenoxy) is 1. The third kappa shape index (κ3) is 3.86. The fourth-order valence-electron chi connectivity index (χ4n) is 2.73. The second-order valence-corrected chi connectivity index (χ2v) is 5.76. The number of carbonyl (C=O) groups excluding carboxylic acids is 2. The Morgan fingerprint density at radius 3 is 2.48 bits per heavy atom. The molecule has 0 spiro atoms. The van der Waals surface area contributed by atoms with Crippen molar-refractivity contribution in [2.75, 3.05) is 6.61 Å². The molecule has 0 atom stereocenters. The molecule has 0 aliphatic carbocycles. The summed E-state index contributed by atoms with van der Waals surface area (Å²) >= 11 is 0. The summed E-state index contributed by atoms with van der Waals surface area (Å²) in [6, 6.07) is 9.44. The van der Waals surface area contributed by atoms with E-state index in [1.54, 1.807) is 20.8 Å². The number of rotatable bonds is 5. The number of hydrogen-bond donors (Lipinski definition) is 1. The van der Waals surface area contributed by atoms with Gasteiger partial charge in [-0.3, -0.25) is 4.79 Å². The highest BCUT2D eigenvalue weighted by Crippen LogP contribution is 2.23. The number of carbonyl (C=O) groups is 2. The zero-order valence-electron chi connectivity index (χ0n) is 14.8. The summed E-state index contributed by atoms with van der Waals surface area (Å²) in [4.78, 5) is 28.1. The predicted octanol–water partition coefficient (Wildman–Crippen LogP) is 3.91. The van der Waals surface area contributed by atoms with Crippen molar-refractivity contribution in [2.24, 2.45) is 0 Å². The highest BCUT2D eigenvalue weighted by atomic mass is 16.5. The van der Waals surface area contributed by atoms with Crippen molar-refractivity contribution in [3.63, 3.8) is 0 Å². The van der Waals surface area contributed by atoms with Crippen LogP contribution in [0.2, 0.25) is 0 Å². The van der Waals surface area contributed by atoms with Gasteiger partial charge in [-0.05, 0) is 39.3 Å². The second-order valence-electron chi connectivity index (χ2n) is 5.76. The highest BCUT2D eigenvalue weighted by Gasteiger charge is 2.27. The minimum atomic E-state index is -0.569. The van der Waals surface area contributed by atoms with Gasteiger partial charge in [0.1, 0.15) is 11.6 Å². The third-order valence-corrected chi connectivity index (χ3v) is 3.80. The van der Waals surface area contributed by atoms with E-state index in [0.29, 0.717) is 11.4 Å². The average Bonchev–Trinajstić information content (AvgIpc) is 2.86. The van der Waals surface area contributed by atoms with Gasteiger partial charge in [0.25, 0.3) is 0 Å². The Balaban J connectivity index is 2.52. The summed E-state index contributed by atoms with van der Waals surface area (Å²) in [5, 5.41) is 9.45. The van der Waals surface area contributed by atoms with E-state index in [1.165, 1.54) is 6.08 Å². The summed E-state index contributed by atoms with van der Waals surface area (Å²) < 4.78 is 5.05. The van der Waals surface area contributed by atoms with Crippen molar-refractivity contribution in [3.8, 4) is 6.07 Å². The van der Waals surface area contributed by atoms with Crippen LogP contribution in [-0.2, 0) is 4.74 Å². The van der Waals surface area contributed by atoms with E-state index in [0.717, 1.165) is 11.1 Å². The fourth-order valence-corrected chi connectivity index (χ4v) is 2.73. The molecule has 0 aliphatic rings. The molecule has 0 unspecified atom stereocenters. The summed E-state index contributed by atoms with van der Waals surface area (Å²) in [6.07, 6.45) is 1.53. The second kappa shape index (κ2) is 7.63. The first kappa shape index (κ1) is 18.2. The summed E-state index contributed by atoms with van der Waals surface area (Å²) in [5.74, 6) is -1.06. The number of nitriles is 1. The van der Waals surface area contributed by atoms with Gasteiger partial charge in [0.05, 0.1) is 17.7 Å². The molecule has 5 nitrogen and oxygen atoms in total. The minimum absolute atomic E-state index is 0.0294. The molecular weight excluding hydrogens is 316 g/mol. The molecule has 0 saturated carbocycles. The van der Waals surface area contributed by atoms with Crippen molar-refractivity contribution >= 4 is 17.8 Å². The first-order valence-corrected chi connectivity index (χ1v) is 7.98. The largest absolute Gasteiger partial charge is 0.462 e. The van der Waals surface area contributed by atoms with Crippen molar-refractivity contribution < 1.29 is 14.3 Å². The smallest absolute Gasteiger partial charge is 0.340 e. The van der Waals surface area contributed by atoms with Gasteiger partial charge in [0.2, 0.25) is 5.78 Å². The van der Waals surface area contributed by atoms with Gasteiger partial charge in [-0.15, -0.1) is 0 Å². The Hall–Kier alpha value is -3.13. The van der Waals surface area contributed by atoms with Crippen LogP contribution >= 0.6 is 0 Å². The lowest BCUT2D eigenvalue weighted by Gasteiger charge is -2.05. The number of allylic oxidation sites excluding steroid dienone is 1. The fraction of sp³-hybridized carbons (Fsp3) is 0.250. The molecule has 0 fully saturated rings. The van der Waals surface area contributed by atoms with Crippen LogP contribution in [-0.4, -0.2) is 23.3 Å². The predicted molar refractivity (Wildman–Crippen MR) is 95.3 cm³/mol. The molecule has 0 saturated heterocycles. The van der Waals surface area contributed by atoms with Crippen molar-refractivity contribution in [1.29, 1.82) is 5.26 Å². The van der Waals surface area contributed by atoms with Crippen LogP contribution in [0, 0.1) is 32.1 Å².